The third kappa shape index (κ3) is 3.12. The van der Waals surface area contributed by atoms with Gasteiger partial charge in [-0.15, -0.1) is 11.3 Å². The highest BCUT2D eigenvalue weighted by atomic mass is 32.1. The van der Waals surface area contributed by atoms with Gasteiger partial charge in [0.1, 0.15) is 0 Å². The fourth-order valence-electron chi connectivity index (χ4n) is 3.56. The Kier molecular flexibility index (Phi) is 4.77. The average Bonchev–Trinajstić information content (AvgIpc) is 3.22. The van der Waals surface area contributed by atoms with Gasteiger partial charge in [0.05, 0.1) is 11.9 Å². The van der Waals surface area contributed by atoms with Crippen LogP contribution in [0.2, 0.25) is 0 Å². The summed E-state index contributed by atoms with van der Waals surface area (Å²) < 4.78 is 1.95. The molecule has 0 saturated carbocycles. The first kappa shape index (κ1) is 18.4. The van der Waals surface area contributed by atoms with Crippen LogP contribution < -0.4 is 4.80 Å². The van der Waals surface area contributed by atoms with Crippen LogP contribution in [-0.4, -0.2) is 22.9 Å². The molecule has 4 nitrogen and oxygen atoms in total. The summed E-state index contributed by atoms with van der Waals surface area (Å²) in [5.41, 5.74) is 9.45. The highest BCUT2D eigenvalue weighted by molar-refractivity contribution is 7.07. The van der Waals surface area contributed by atoms with Gasteiger partial charge in [-0.1, -0.05) is 24.3 Å². The zero-order valence-corrected chi connectivity index (χ0v) is 17.7. The number of hydrogen-bond donors (Lipinski definition) is 1. The molecule has 0 aliphatic rings. The number of para-hydroxylation sites is 1. The summed E-state index contributed by atoms with van der Waals surface area (Å²) in [5.74, 6) is 0. The lowest BCUT2D eigenvalue weighted by atomic mass is 9.99. The molecule has 0 aliphatic heterocycles. The van der Waals surface area contributed by atoms with Crippen molar-refractivity contribution >= 4 is 28.5 Å². The van der Waals surface area contributed by atoms with E-state index in [4.69, 9.17) is 5.10 Å². The normalized spacial score (nSPS) is 12.5. The number of nitrogens with zero attached hydrogens (tertiary/aromatic N) is 3. The molecule has 4 rings (SSSR count). The summed E-state index contributed by atoms with van der Waals surface area (Å²) in [4.78, 5) is 8.74. The summed E-state index contributed by atoms with van der Waals surface area (Å²) in [6, 6.07) is 12.8. The SMILES string of the molecule is CN=c1scc(-c2cc(C)c(C)cc2C)n1/N=C/c1c(C)[nH]c2ccccc12. The molecule has 2 aromatic carbocycles. The maximum Gasteiger partial charge on any atom is 0.205 e. The van der Waals surface area contributed by atoms with Gasteiger partial charge in [-0.2, -0.15) is 5.10 Å². The van der Waals surface area contributed by atoms with Crippen molar-refractivity contribution < 1.29 is 0 Å². The van der Waals surface area contributed by atoms with Crippen LogP contribution in [0.1, 0.15) is 27.9 Å². The van der Waals surface area contributed by atoms with E-state index in [9.17, 15) is 0 Å². The van der Waals surface area contributed by atoms with Gasteiger partial charge in [-0.3, -0.25) is 4.99 Å². The van der Waals surface area contributed by atoms with E-state index >= 15 is 0 Å². The van der Waals surface area contributed by atoms with E-state index in [1.165, 1.54) is 27.6 Å². The Morgan fingerprint density at radius 1 is 1.00 bits per heavy atom. The van der Waals surface area contributed by atoms with E-state index in [1.807, 2.05) is 24.0 Å². The third-order valence-corrected chi connectivity index (χ3v) is 6.15. The van der Waals surface area contributed by atoms with Crippen molar-refractivity contribution in [2.75, 3.05) is 7.05 Å². The molecule has 0 amide bonds. The molecule has 5 heteroatoms. The van der Waals surface area contributed by atoms with E-state index in [1.54, 1.807) is 11.3 Å². The van der Waals surface area contributed by atoms with Crippen molar-refractivity contribution in [3.05, 3.63) is 74.5 Å². The van der Waals surface area contributed by atoms with Crippen molar-refractivity contribution in [3.8, 4) is 11.3 Å². The second-order valence-corrected chi connectivity index (χ2v) is 7.98. The van der Waals surface area contributed by atoms with Crippen molar-refractivity contribution in [2.45, 2.75) is 27.7 Å². The van der Waals surface area contributed by atoms with E-state index in [2.05, 4.69) is 73.4 Å². The van der Waals surface area contributed by atoms with E-state index in [-0.39, 0.29) is 0 Å². The lowest BCUT2D eigenvalue weighted by Gasteiger charge is -2.10. The zero-order valence-electron chi connectivity index (χ0n) is 16.9. The number of H-pyrrole nitrogens is 1. The average molecular weight is 389 g/mol. The number of benzene rings is 2. The summed E-state index contributed by atoms with van der Waals surface area (Å²) in [6.07, 6.45) is 1.94. The number of aromatic amines is 1. The first-order valence-corrected chi connectivity index (χ1v) is 10.2. The summed E-state index contributed by atoms with van der Waals surface area (Å²) in [7, 11) is 1.81. The van der Waals surface area contributed by atoms with Crippen molar-refractivity contribution in [1.29, 1.82) is 0 Å². The molecule has 2 heterocycles. The minimum atomic E-state index is 0.876. The minimum Gasteiger partial charge on any atom is -0.358 e. The highest BCUT2D eigenvalue weighted by Gasteiger charge is 2.12. The van der Waals surface area contributed by atoms with Gasteiger partial charge in [-0.25, -0.2) is 4.68 Å². The number of rotatable bonds is 3. The Morgan fingerprint density at radius 3 is 2.54 bits per heavy atom. The Morgan fingerprint density at radius 2 is 1.75 bits per heavy atom. The van der Waals surface area contributed by atoms with Gasteiger partial charge < -0.3 is 4.98 Å². The molecule has 28 heavy (non-hydrogen) atoms. The molecule has 0 radical (unpaired) electrons. The Hall–Kier alpha value is -2.92. The molecule has 142 valence electrons. The van der Waals surface area contributed by atoms with Crippen LogP contribution >= 0.6 is 11.3 Å². The maximum absolute atomic E-state index is 4.85. The Balaban J connectivity index is 1.87. The molecule has 0 bridgehead atoms. The first-order valence-electron chi connectivity index (χ1n) is 9.33. The van der Waals surface area contributed by atoms with Crippen LogP contribution in [0.3, 0.4) is 0 Å². The number of aryl methyl sites for hydroxylation is 4. The lowest BCUT2D eigenvalue weighted by molar-refractivity contribution is 0.847. The molecule has 1 N–H and O–H groups in total. The summed E-state index contributed by atoms with van der Waals surface area (Å²) in [6.45, 7) is 8.54. The number of fused-ring (bicyclic) bond motifs is 1. The predicted molar refractivity (Wildman–Crippen MR) is 119 cm³/mol. The molecule has 0 aliphatic carbocycles. The van der Waals surface area contributed by atoms with E-state index in [0.29, 0.717) is 0 Å². The molecule has 0 atom stereocenters. The van der Waals surface area contributed by atoms with Gasteiger partial charge in [0.15, 0.2) is 0 Å². The second-order valence-electron chi connectivity index (χ2n) is 7.14. The molecule has 4 aromatic rings. The first-order chi connectivity index (χ1) is 13.5. The van der Waals surface area contributed by atoms with Crippen LogP contribution in [0.5, 0.6) is 0 Å². The lowest BCUT2D eigenvalue weighted by Crippen LogP contribution is -2.12. The van der Waals surface area contributed by atoms with Crippen LogP contribution in [0, 0.1) is 27.7 Å². The van der Waals surface area contributed by atoms with E-state index < -0.39 is 0 Å². The third-order valence-electron chi connectivity index (χ3n) is 5.24. The Labute approximate surface area is 168 Å². The molecule has 0 saturated heterocycles. The highest BCUT2D eigenvalue weighted by Crippen LogP contribution is 2.27. The van der Waals surface area contributed by atoms with Crippen LogP contribution in [0.15, 0.2) is 51.9 Å². The van der Waals surface area contributed by atoms with Gasteiger partial charge in [0, 0.05) is 40.2 Å². The largest absolute Gasteiger partial charge is 0.358 e. The number of hydrogen-bond acceptors (Lipinski definition) is 3. The number of nitrogens with one attached hydrogen (secondary N) is 1. The molecule has 0 spiro atoms. The molecular weight excluding hydrogens is 364 g/mol. The van der Waals surface area contributed by atoms with Gasteiger partial charge in [0.25, 0.3) is 0 Å². The topological polar surface area (TPSA) is 45.4 Å². The van der Waals surface area contributed by atoms with Gasteiger partial charge >= 0.3 is 0 Å². The number of thiazole rings is 1. The minimum absolute atomic E-state index is 0.876. The van der Waals surface area contributed by atoms with Crippen LogP contribution in [-0.2, 0) is 0 Å². The predicted octanol–water partition coefficient (Wildman–Crippen LogP) is 5.34. The second kappa shape index (κ2) is 7.24. The van der Waals surface area contributed by atoms with Gasteiger partial charge in [0.2, 0.25) is 4.80 Å². The van der Waals surface area contributed by atoms with Crippen LogP contribution in [0.25, 0.3) is 22.2 Å². The quantitative estimate of drug-likeness (QED) is 0.460. The molecule has 0 unspecified atom stereocenters. The van der Waals surface area contributed by atoms with Gasteiger partial charge in [-0.05, 0) is 56.5 Å². The van der Waals surface area contributed by atoms with Crippen molar-refractivity contribution in [2.24, 2.45) is 10.1 Å². The Bertz CT molecular complexity index is 1270. The molecule has 0 fully saturated rings. The standard InChI is InChI=1S/C23H24N4S/c1-14-10-16(3)19(11-15(14)2)22-13-28-23(24-5)27(22)25-12-20-17(4)26-21-9-7-6-8-18(20)21/h6-13,26H,1-5H3/b24-23?,25-12+. The number of aromatic nitrogens is 2. The van der Waals surface area contributed by atoms with E-state index in [0.717, 1.165) is 27.3 Å². The van der Waals surface area contributed by atoms with Crippen LogP contribution in [0.4, 0.5) is 0 Å². The van der Waals surface area contributed by atoms with Crippen molar-refractivity contribution in [1.82, 2.24) is 9.66 Å². The summed E-state index contributed by atoms with van der Waals surface area (Å²) in [5, 5.41) is 8.17. The summed E-state index contributed by atoms with van der Waals surface area (Å²) >= 11 is 1.61. The maximum atomic E-state index is 4.85. The fourth-order valence-corrected chi connectivity index (χ4v) is 4.36. The van der Waals surface area contributed by atoms with Crippen molar-refractivity contribution in [3.63, 3.8) is 0 Å². The smallest absolute Gasteiger partial charge is 0.205 e. The monoisotopic (exact) mass is 388 g/mol. The molecular formula is C23H24N4S. The fraction of sp³-hybridized carbons (Fsp3) is 0.217. The molecule has 2 aromatic heterocycles. The zero-order chi connectivity index (χ0) is 19.8.